The van der Waals surface area contributed by atoms with Gasteiger partial charge in [-0.15, -0.1) is 23.2 Å². The van der Waals surface area contributed by atoms with E-state index in [0.29, 0.717) is 0 Å². The molecule has 0 bridgehead atoms. The van der Waals surface area contributed by atoms with Crippen molar-refractivity contribution in [3.63, 3.8) is 0 Å². The number of aliphatic hydroxyl groups excluding tert-OH is 1. The minimum Gasteiger partial charge on any atom is -0.392 e. The van der Waals surface area contributed by atoms with Crippen molar-refractivity contribution in [2.24, 2.45) is 0 Å². The van der Waals surface area contributed by atoms with Crippen LogP contribution < -0.4 is 0 Å². The Kier molecular flexibility index (Phi) is 3.78. The van der Waals surface area contributed by atoms with Gasteiger partial charge in [-0.3, -0.25) is 0 Å². The highest BCUT2D eigenvalue weighted by molar-refractivity contribution is 6.30. The Morgan fingerprint density at radius 3 is 1.62 bits per heavy atom. The number of rotatable bonds is 2. The quantitative estimate of drug-likeness (QED) is 0.603. The Bertz CT molecular complexity index is 55.4. The van der Waals surface area contributed by atoms with Gasteiger partial charge in [0, 0.05) is 5.38 Å². The molecule has 1 nitrogen and oxygen atoms in total. The summed E-state index contributed by atoms with van der Waals surface area (Å²) < 4.78 is 0. The molecule has 50 valence electrons. The molecule has 1 N–H and O–H groups in total. The zero-order valence-corrected chi connectivity index (χ0v) is 6.45. The van der Waals surface area contributed by atoms with E-state index in [2.05, 4.69) is 0 Å². The Hall–Kier alpha value is 0.540. The zero-order valence-electron chi connectivity index (χ0n) is 4.94. The van der Waals surface area contributed by atoms with Gasteiger partial charge in [0.25, 0.3) is 0 Å². The largest absolute Gasteiger partial charge is 0.392 e. The van der Waals surface area contributed by atoms with Gasteiger partial charge in [0.1, 0.15) is 0 Å². The summed E-state index contributed by atoms with van der Waals surface area (Å²) in [6.07, 6.45) is -0.524. The van der Waals surface area contributed by atoms with E-state index in [4.69, 9.17) is 28.3 Å². The van der Waals surface area contributed by atoms with E-state index in [9.17, 15) is 0 Å². The summed E-state index contributed by atoms with van der Waals surface area (Å²) in [7, 11) is 0. The second kappa shape index (κ2) is 3.54. The minimum atomic E-state index is -0.524. The Labute approximate surface area is 59.6 Å². The molecule has 0 saturated carbocycles. The summed E-state index contributed by atoms with van der Waals surface area (Å²) in [6.45, 7) is 3.38. The topological polar surface area (TPSA) is 20.2 Å². The maximum atomic E-state index is 8.77. The van der Waals surface area contributed by atoms with Gasteiger partial charge in [-0.05, 0) is 13.8 Å². The van der Waals surface area contributed by atoms with E-state index in [0.717, 1.165) is 0 Å². The second-order valence-corrected chi connectivity index (χ2v) is 3.05. The van der Waals surface area contributed by atoms with E-state index in [1.807, 2.05) is 0 Å². The van der Waals surface area contributed by atoms with E-state index < -0.39 is 6.10 Å². The van der Waals surface area contributed by atoms with Crippen LogP contribution in [0.4, 0.5) is 0 Å². The molecule has 0 heterocycles. The smallest absolute Gasteiger partial charge is 0.0753 e. The number of alkyl halides is 2. The highest BCUT2D eigenvalue weighted by Crippen LogP contribution is 2.12. The summed E-state index contributed by atoms with van der Waals surface area (Å²) in [5.41, 5.74) is 0. The van der Waals surface area contributed by atoms with Crippen LogP contribution in [0.15, 0.2) is 0 Å². The molecule has 8 heavy (non-hydrogen) atoms. The van der Waals surface area contributed by atoms with Crippen LogP contribution in [-0.2, 0) is 0 Å². The fourth-order valence-corrected chi connectivity index (χ4v) is 0.594. The van der Waals surface area contributed by atoms with Crippen LogP contribution in [-0.4, -0.2) is 22.0 Å². The number of hydrogen-bond donors (Lipinski definition) is 1. The van der Waals surface area contributed by atoms with Crippen molar-refractivity contribution in [3.8, 4) is 0 Å². The molecule has 0 aromatic rings. The summed E-state index contributed by atoms with van der Waals surface area (Å²) in [4.78, 5) is 0. The number of halogens is 2. The van der Waals surface area contributed by atoms with E-state index in [1.165, 1.54) is 0 Å². The normalized spacial score (nSPS) is 22.1. The summed E-state index contributed by atoms with van der Waals surface area (Å²) >= 11 is 11.1. The monoisotopic (exact) mass is 156 g/mol. The third-order valence-electron chi connectivity index (χ3n) is 0.900. The lowest BCUT2D eigenvalue weighted by atomic mass is 10.2. The van der Waals surface area contributed by atoms with Crippen LogP contribution >= 0.6 is 23.2 Å². The first-order valence-corrected chi connectivity index (χ1v) is 3.39. The lowest BCUT2D eigenvalue weighted by Gasteiger charge is -2.13. The molecule has 0 saturated heterocycles. The summed E-state index contributed by atoms with van der Waals surface area (Å²) in [6, 6.07) is 0. The maximum Gasteiger partial charge on any atom is 0.0753 e. The molecule has 0 aliphatic heterocycles. The third-order valence-corrected chi connectivity index (χ3v) is 2.04. The SMILES string of the molecule is C[C@@H](O)[C@@H](Cl)[C@@H](C)Cl. The van der Waals surface area contributed by atoms with Crippen LogP contribution in [0.1, 0.15) is 13.8 Å². The molecule has 0 aromatic heterocycles. The van der Waals surface area contributed by atoms with Gasteiger partial charge in [-0.2, -0.15) is 0 Å². The predicted octanol–water partition coefficient (Wildman–Crippen LogP) is 1.60. The van der Waals surface area contributed by atoms with E-state index >= 15 is 0 Å². The first kappa shape index (κ1) is 8.54. The lowest BCUT2D eigenvalue weighted by Crippen LogP contribution is -2.24. The van der Waals surface area contributed by atoms with E-state index in [1.54, 1.807) is 13.8 Å². The molecule has 0 radical (unpaired) electrons. The van der Waals surface area contributed by atoms with Gasteiger partial charge in [0.15, 0.2) is 0 Å². The van der Waals surface area contributed by atoms with Gasteiger partial charge in [-0.25, -0.2) is 0 Å². The zero-order chi connectivity index (χ0) is 6.73. The average molecular weight is 157 g/mol. The molecule has 3 heteroatoms. The molecule has 0 amide bonds. The van der Waals surface area contributed by atoms with Gasteiger partial charge in [-0.1, -0.05) is 0 Å². The van der Waals surface area contributed by atoms with Crippen molar-refractivity contribution in [1.82, 2.24) is 0 Å². The van der Waals surface area contributed by atoms with Gasteiger partial charge in [0.05, 0.1) is 11.5 Å². The minimum absolute atomic E-state index is 0.170. The van der Waals surface area contributed by atoms with Crippen LogP contribution in [0.25, 0.3) is 0 Å². The average Bonchev–Trinajstić information content (AvgIpc) is 1.64. The Morgan fingerprint density at radius 2 is 1.62 bits per heavy atom. The molecule has 0 spiro atoms. The van der Waals surface area contributed by atoms with Crippen molar-refractivity contribution in [3.05, 3.63) is 0 Å². The van der Waals surface area contributed by atoms with E-state index in [-0.39, 0.29) is 10.8 Å². The standard InChI is InChI=1S/C5H10Cl2O/c1-3(6)5(7)4(2)8/h3-5,8H,1-2H3/t3-,4-,5+/m1/s1. The third kappa shape index (κ3) is 2.75. The fraction of sp³-hybridized carbons (Fsp3) is 1.00. The molecular formula is C5H10Cl2O. The molecule has 0 unspecified atom stereocenters. The molecule has 0 rings (SSSR count). The molecule has 0 fully saturated rings. The van der Waals surface area contributed by atoms with Crippen molar-refractivity contribution in [1.29, 1.82) is 0 Å². The fourth-order valence-electron chi connectivity index (χ4n) is 0.384. The van der Waals surface area contributed by atoms with Gasteiger partial charge >= 0.3 is 0 Å². The molecule has 0 aliphatic carbocycles. The number of hydrogen-bond acceptors (Lipinski definition) is 1. The van der Waals surface area contributed by atoms with Crippen molar-refractivity contribution in [2.75, 3.05) is 0 Å². The first-order chi connectivity index (χ1) is 3.55. The van der Waals surface area contributed by atoms with Crippen LogP contribution in [0, 0.1) is 0 Å². The lowest BCUT2D eigenvalue weighted by molar-refractivity contribution is 0.188. The van der Waals surface area contributed by atoms with Crippen molar-refractivity contribution >= 4 is 23.2 Å². The molecule has 0 aromatic carbocycles. The van der Waals surface area contributed by atoms with Crippen LogP contribution in [0.5, 0.6) is 0 Å². The molecular weight excluding hydrogens is 147 g/mol. The molecule has 0 aliphatic rings. The number of aliphatic hydroxyl groups is 1. The van der Waals surface area contributed by atoms with Crippen LogP contribution in [0.2, 0.25) is 0 Å². The van der Waals surface area contributed by atoms with Crippen molar-refractivity contribution in [2.45, 2.75) is 30.7 Å². The first-order valence-electron chi connectivity index (χ1n) is 2.52. The highest BCUT2D eigenvalue weighted by Gasteiger charge is 2.16. The van der Waals surface area contributed by atoms with Crippen LogP contribution in [0.3, 0.4) is 0 Å². The Morgan fingerprint density at radius 1 is 1.25 bits per heavy atom. The predicted molar refractivity (Wildman–Crippen MR) is 36.6 cm³/mol. The summed E-state index contributed by atoms with van der Waals surface area (Å²) in [5.74, 6) is 0. The second-order valence-electron chi connectivity index (χ2n) is 1.86. The highest BCUT2D eigenvalue weighted by atomic mass is 35.5. The maximum absolute atomic E-state index is 8.77. The van der Waals surface area contributed by atoms with Gasteiger partial charge < -0.3 is 5.11 Å². The molecule has 3 atom stereocenters. The summed E-state index contributed by atoms with van der Waals surface area (Å²) in [5, 5.41) is 8.27. The Balaban J connectivity index is 3.46. The van der Waals surface area contributed by atoms with Crippen molar-refractivity contribution < 1.29 is 5.11 Å². The van der Waals surface area contributed by atoms with Gasteiger partial charge in [0.2, 0.25) is 0 Å².